The Bertz CT molecular complexity index is 808. The van der Waals surface area contributed by atoms with Crippen LogP contribution in [0.25, 0.3) is 0 Å². The first kappa shape index (κ1) is 26.6. The molecule has 8 nitrogen and oxygen atoms in total. The molecule has 0 spiro atoms. The van der Waals surface area contributed by atoms with Crippen molar-refractivity contribution in [3.63, 3.8) is 0 Å². The van der Waals surface area contributed by atoms with E-state index in [1.165, 1.54) is 6.26 Å². The number of likely N-dealkylation sites (N-methyl/N-ethyl adjacent to an activating group) is 1. The molecule has 0 atom stereocenters. The van der Waals surface area contributed by atoms with Crippen molar-refractivity contribution < 1.29 is 18.7 Å². The molecular formula is C22H33IN4O4. The van der Waals surface area contributed by atoms with E-state index in [1.807, 2.05) is 50.1 Å². The zero-order chi connectivity index (χ0) is 21.8. The zero-order valence-corrected chi connectivity index (χ0v) is 21.0. The van der Waals surface area contributed by atoms with E-state index in [2.05, 4.69) is 15.6 Å². The highest BCUT2D eigenvalue weighted by Gasteiger charge is 2.11. The minimum Gasteiger partial charge on any atom is -0.497 e. The molecular weight excluding hydrogens is 511 g/mol. The maximum atomic E-state index is 12.0. The number of nitrogens with one attached hydrogen (secondary N) is 2. The minimum absolute atomic E-state index is 0. The molecule has 1 heterocycles. The maximum absolute atomic E-state index is 12.0. The van der Waals surface area contributed by atoms with Crippen molar-refractivity contribution in [1.29, 1.82) is 0 Å². The molecule has 1 amide bonds. The van der Waals surface area contributed by atoms with Gasteiger partial charge in [-0.15, -0.1) is 24.0 Å². The first-order chi connectivity index (χ1) is 14.5. The van der Waals surface area contributed by atoms with Gasteiger partial charge in [0.1, 0.15) is 18.1 Å². The average Bonchev–Trinajstić information content (AvgIpc) is 3.19. The van der Waals surface area contributed by atoms with E-state index in [4.69, 9.17) is 13.9 Å². The smallest absolute Gasteiger partial charge is 0.287 e. The molecule has 0 aliphatic rings. The van der Waals surface area contributed by atoms with Crippen LogP contribution in [0, 0.1) is 6.92 Å². The third-order valence-electron chi connectivity index (χ3n) is 4.40. The van der Waals surface area contributed by atoms with Gasteiger partial charge in [-0.2, -0.15) is 0 Å². The number of aryl methyl sites for hydroxylation is 1. The summed E-state index contributed by atoms with van der Waals surface area (Å²) in [7, 11) is 3.61. The fraction of sp³-hybridized carbons (Fsp3) is 0.455. The number of aliphatic imine (C=N–C) groups is 1. The number of amides is 1. The fourth-order valence-corrected chi connectivity index (χ4v) is 2.70. The van der Waals surface area contributed by atoms with E-state index in [1.54, 1.807) is 13.2 Å². The summed E-state index contributed by atoms with van der Waals surface area (Å²) in [5.74, 6) is 2.58. The Morgan fingerprint density at radius 1 is 1.16 bits per heavy atom. The Labute approximate surface area is 201 Å². The number of guanidine groups is 1. The van der Waals surface area contributed by atoms with E-state index in [0.29, 0.717) is 32.0 Å². The van der Waals surface area contributed by atoms with Crippen LogP contribution in [0.5, 0.6) is 11.5 Å². The molecule has 0 aliphatic heterocycles. The van der Waals surface area contributed by atoms with Crippen molar-refractivity contribution in [2.24, 2.45) is 4.99 Å². The van der Waals surface area contributed by atoms with Crippen molar-refractivity contribution in [2.75, 3.05) is 46.9 Å². The molecule has 2 rings (SSSR count). The molecule has 0 saturated carbocycles. The van der Waals surface area contributed by atoms with Crippen LogP contribution in [0.3, 0.4) is 0 Å². The molecule has 0 saturated heterocycles. The predicted octanol–water partition coefficient (Wildman–Crippen LogP) is 3.31. The van der Waals surface area contributed by atoms with Crippen LogP contribution in [0.2, 0.25) is 0 Å². The van der Waals surface area contributed by atoms with Gasteiger partial charge in [0, 0.05) is 32.2 Å². The molecule has 0 fully saturated rings. The van der Waals surface area contributed by atoms with Gasteiger partial charge < -0.3 is 29.4 Å². The van der Waals surface area contributed by atoms with E-state index in [-0.39, 0.29) is 29.9 Å². The second kappa shape index (κ2) is 14.6. The van der Waals surface area contributed by atoms with Crippen LogP contribution >= 0.6 is 24.0 Å². The molecule has 1 aromatic heterocycles. The zero-order valence-electron chi connectivity index (χ0n) is 18.6. The van der Waals surface area contributed by atoms with Crippen molar-refractivity contribution in [3.05, 3.63) is 47.9 Å². The van der Waals surface area contributed by atoms with E-state index < -0.39 is 0 Å². The Balaban J connectivity index is 0.00000480. The Kier molecular flexibility index (Phi) is 12.5. The number of furan rings is 1. The van der Waals surface area contributed by atoms with Crippen LogP contribution in [-0.2, 0) is 0 Å². The van der Waals surface area contributed by atoms with Crippen LogP contribution in [-0.4, -0.2) is 63.7 Å². The van der Waals surface area contributed by atoms with E-state index in [0.717, 1.165) is 36.0 Å². The minimum atomic E-state index is -0.193. The number of ether oxygens (including phenoxy) is 2. The number of rotatable bonds is 11. The average molecular weight is 544 g/mol. The van der Waals surface area contributed by atoms with Gasteiger partial charge in [-0.3, -0.25) is 9.79 Å². The number of halogens is 1. The van der Waals surface area contributed by atoms with Crippen LogP contribution in [0.15, 0.2) is 46.0 Å². The Morgan fingerprint density at radius 2 is 1.87 bits per heavy atom. The number of methoxy groups -OCH3 is 1. The van der Waals surface area contributed by atoms with Crippen LogP contribution < -0.4 is 20.1 Å². The first-order valence-electron chi connectivity index (χ1n) is 10.1. The molecule has 0 bridgehead atoms. The van der Waals surface area contributed by atoms with Gasteiger partial charge in [-0.1, -0.05) is 0 Å². The van der Waals surface area contributed by atoms with Gasteiger partial charge in [0.2, 0.25) is 0 Å². The largest absolute Gasteiger partial charge is 0.497 e. The molecule has 172 valence electrons. The van der Waals surface area contributed by atoms with Gasteiger partial charge in [0.25, 0.3) is 5.91 Å². The Morgan fingerprint density at radius 3 is 2.48 bits per heavy atom. The molecule has 0 unspecified atom stereocenters. The Hall–Kier alpha value is -2.43. The lowest BCUT2D eigenvalue weighted by atomic mass is 10.2. The van der Waals surface area contributed by atoms with Crippen LogP contribution in [0.1, 0.15) is 29.5 Å². The lowest BCUT2D eigenvalue weighted by Gasteiger charge is -2.22. The van der Waals surface area contributed by atoms with Gasteiger partial charge in [-0.25, -0.2) is 0 Å². The second-order valence-electron chi connectivity index (χ2n) is 6.72. The standard InChI is InChI=1S/C22H32N4O4.HI/c1-5-23-22(25-13-6-12-24-21(27)20-17(2)11-15-30-20)26(3)14-16-29-19-9-7-18(28-4)8-10-19;/h7-11,15H,5-6,12-14,16H2,1-4H3,(H,23,25)(H,24,27);1H. The van der Waals surface area contributed by atoms with Gasteiger partial charge >= 0.3 is 0 Å². The van der Waals surface area contributed by atoms with Gasteiger partial charge in [0.15, 0.2) is 11.7 Å². The molecule has 2 aromatic rings. The highest BCUT2D eigenvalue weighted by atomic mass is 127. The van der Waals surface area contributed by atoms with Crippen LogP contribution in [0.4, 0.5) is 0 Å². The number of benzene rings is 1. The lowest BCUT2D eigenvalue weighted by Crippen LogP contribution is -2.41. The summed E-state index contributed by atoms with van der Waals surface area (Å²) < 4.78 is 16.1. The molecule has 9 heteroatoms. The normalized spacial score (nSPS) is 10.8. The predicted molar refractivity (Wildman–Crippen MR) is 133 cm³/mol. The third-order valence-corrected chi connectivity index (χ3v) is 4.40. The SMILES string of the molecule is CCNC(=NCCCNC(=O)c1occc1C)N(C)CCOc1ccc(OC)cc1.I. The lowest BCUT2D eigenvalue weighted by molar-refractivity contribution is 0.0925. The van der Waals surface area contributed by atoms with Crippen molar-refractivity contribution in [1.82, 2.24) is 15.5 Å². The summed E-state index contributed by atoms with van der Waals surface area (Å²) in [5.41, 5.74) is 0.832. The van der Waals surface area contributed by atoms with Crippen molar-refractivity contribution in [2.45, 2.75) is 20.3 Å². The number of nitrogens with zero attached hydrogens (tertiary/aromatic N) is 2. The van der Waals surface area contributed by atoms with Crippen molar-refractivity contribution >= 4 is 35.8 Å². The summed E-state index contributed by atoms with van der Waals surface area (Å²) in [4.78, 5) is 18.7. The fourth-order valence-electron chi connectivity index (χ4n) is 2.70. The maximum Gasteiger partial charge on any atom is 0.287 e. The molecule has 2 N–H and O–H groups in total. The van der Waals surface area contributed by atoms with E-state index in [9.17, 15) is 4.79 Å². The molecule has 31 heavy (non-hydrogen) atoms. The monoisotopic (exact) mass is 544 g/mol. The van der Waals surface area contributed by atoms with Gasteiger partial charge in [0.05, 0.1) is 19.9 Å². The summed E-state index contributed by atoms with van der Waals surface area (Å²) in [6, 6.07) is 9.29. The molecule has 0 radical (unpaired) electrons. The second-order valence-corrected chi connectivity index (χ2v) is 6.72. The number of hydrogen-bond donors (Lipinski definition) is 2. The summed E-state index contributed by atoms with van der Waals surface area (Å²) in [6.45, 7) is 7.01. The highest BCUT2D eigenvalue weighted by molar-refractivity contribution is 14.0. The summed E-state index contributed by atoms with van der Waals surface area (Å²) in [5, 5.41) is 6.13. The summed E-state index contributed by atoms with van der Waals surface area (Å²) >= 11 is 0. The first-order valence-corrected chi connectivity index (χ1v) is 10.1. The van der Waals surface area contributed by atoms with E-state index >= 15 is 0 Å². The number of carbonyl (C=O) groups is 1. The topological polar surface area (TPSA) is 88.3 Å². The number of hydrogen-bond acceptors (Lipinski definition) is 5. The molecule has 1 aromatic carbocycles. The number of carbonyl (C=O) groups excluding carboxylic acids is 1. The quantitative estimate of drug-likeness (QED) is 0.195. The molecule has 0 aliphatic carbocycles. The van der Waals surface area contributed by atoms with Gasteiger partial charge in [-0.05, 0) is 50.6 Å². The summed E-state index contributed by atoms with van der Waals surface area (Å²) in [6.07, 6.45) is 2.25. The highest BCUT2D eigenvalue weighted by Crippen LogP contribution is 2.16. The van der Waals surface area contributed by atoms with Crippen molar-refractivity contribution in [3.8, 4) is 11.5 Å². The third kappa shape index (κ3) is 9.07.